The first-order valence-electron chi connectivity index (χ1n) is 3.33. The summed E-state index contributed by atoms with van der Waals surface area (Å²) in [6.45, 7) is 2.70. The number of hydrogen-bond donors (Lipinski definition) is 0. The Morgan fingerprint density at radius 1 is 1.06 bits per heavy atom. The van der Waals surface area contributed by atoms with Gasteiger partial charge in [0.2, 0.25) is 0 Å². The highest BCUT2D eigenvalue weighted by Crippen LogP contribution is 2.15. The van der Waals surface area contributed by atoms with Crippen LogP contribution in [0.4, 0.5) is 39.5 Å². The molecule has 0 aromatic carbocycles. The van der Waals surface area contributed by atoms with Crippen LogP contribution in [0, 0.1) is 0 Å². The van der Waals surface area contributed by atoms with Gasteiger partial charge in [0, 0.05) is 0 Å². The second kappa shape index (κ2) is 9.85. The molecular formula is C7H7F9O. The van der Waals surface area contributed by atoms with Crippen molar-refractivity contribution in [3.63, 3.8) is 0 Å². The number of rotatable bonds is 1. The quantitative estimate of drug-likeness (QED) is 0.504. The van der Waals surface area contributed by atoms with E-state index >= 15 is 0 Å². The van der Waals surface area contributed by atoms with Crippen LogP contribution in [0.1, 0.15) is 0 Å². The highest BCUT2D eigenvalue weighted by molar-refractivity contribution is 4.57. The molecular weight excluding hydrogens is 271 g/mol. The highest BCUT2D eigenvalue weighted by atomic mass is 19.4. The molecule has 0 aliphatic heterocycles. The second-order valence-electron chi connectivity index (χ2n) is 1.82. The molecule has 1 nitrogen and oxygen atoms in total. The zero-order valence-electron chi connectivity index (χ0n) is 8.01. The minimum Gasteiger partial charge on any atom is -0.414 e. The van der Waals surface area contributed by atoms with Crippen LogP contribution >= 0.6 is 0 Å². The fraction of sp³-hybridized carbons (Fsp3) is 0.429. The van der Waals surface area contributed by atoms with Gasteiger partial charge in [-0.3, -0.25) is 0 Å². The van der Waals surface area contributed by atoms with Gasteiger partial charge in [-0.15, -0.1) is 13.2 Å². The van der Waals surface area contributed by atoms with Crippen LogP contribution in [-0.4, -0.2) is 19.2 Å². The summed E-state index contributed by atoms with van der Waals surface area (Å²) in [6, 6.07) is 0. The second-order valence-corrected chi connectivity index (χ2v) is 1.82. The Balaban J connectivity index is -0.000000180. The van der Waals surface area contributed by atoms with Gasteiger partial charge in [-0.1, -0.05) is 6.58 Å². The predicted octanol–water partition coefficient (Wildman–Crippen LogP) is 4.58. The van der Waals surface area contributed by atoms with Crippen LogP contribution in [-0.2, 0) is 4.74 Å². The summed E-state index contributed by atoms with van der Waals surface area (Å²) >= 11 is 0. The van der Waals surface area contributed by atoms with Gasteiger partial charge in [-0.2, -0.15) is 22.0 Å². The summed E-state index contributed by atoms with van der Waals surface area (Å²) in [5, 5.41) is 0. The van der Waals surface area contributed by atoms with E-state index in [-0.39, 0.29) is 0 Å². The lowest BCUT2D eigenvalue weighted by molar-refractivity contribution is -0.297. The average molecular weight is 278 g/mol. The van der Waals surface area contributed by atoms with E-state index in [1.807, 2.05) is 0 Å². The molecule has 0 aliphatic rings. The minimum absolute atomic E-state index is 0.333. The van der Waals surface area contributed by atoms with Crippen molar-refractivity contribution in [3.8, 4) is 0 Å². The van der Waals surface area contributed by atoms with E-state index in [1.54, 1.807) is 0 Å². The molecule has 0 aromatic heterocycles. The Kier molecular flexibility index (Phi) is 12.2. The van der Waals surface area contributed by atoms with Crippen molar-refractivity contribution >= 4 is 0 Å². The molecule has 0 aromatic rings. The monoisotopic (exact) mass is 278 g/mol. The van der Waals surface area contributed by atoms with Crippen molar-refractivity contribution in [2.24, 2.45) is 0 Å². The molecule has 0 atom stereocenters. The first kappa shape index (κ1) is 21.0. The van der Waals surface area contributed by atoms with Gasteiger partial charge in [0.05, 0.1) is 6.26 Å². The molecule has 0 spiro atoms. The maximum absolute atomic E-state index is 10.8. The molecule has 0 amide bonds. The first-order chi connectivity index (χ1) is 7.35. The number of alkyl halides is 7. The van der Waals surface area contributed by atoms with Crippen molar-refractivity contribution in [3.05, 3.63) is 25.5 Å². The summed E-state index contributed by atoms with van der Waals surface area (Å²) in [5.41, 5.74) is 0. The van der Waals surface area contributed by atoms with Crippen molar-refractivity contribution in [2.75, 3.05) is 6.67 Å². The molecule has 0 aliphatic carbocycles. The van der Waals surface area contributed by atoms with Crippen molar-refractivity contribution in [1.82, 2.24) is 0 Å². The van der Waals surface area contributed by atoms with E-state index in [2.05, 4.69) is 17.9 Å². The van der Waals surface area contributed by atoms with Gasteiger partial charge >= 0.3 is 12.5 Å². The summed E-state index contributed by atoms with van der Waals surface area (Å²) in [6.07, 6.45) is -10.7. The van der Waals surface area contributed by atoms with Gasteiger partial charge in [-0.25, -0.2) is 4.39 Å². The largest absolute Gasteiger partial charge is 0.572 e. The Labute approximate surface area is 90.2 Å². The third kappa shape index (κ3) is 73.4. The fourth-order valence-corrected chi connectivity index (χ4v) is 0.0945. The highest BCUT2D eigenvalue weighted by Gasteiger charge is 2.28. The fourth-order valence-electron chi connectivity index (χ4n) is 0.0945. The minimum atomic E-state index is -4.62. The van der Waals surface area contributed by atoms with Gasteiger partial charge < -0.3 is 4.74 Å². The Morgan fingerprint density at radius 3 is 1.29 bits per heavy atom. The molecule has 0 radical (unpaired) electrons. The summed E-state index contributed by atoms with van der Waals surface area (Å²) in [5.74, 6) is 0. The van der Waals surface area contributed by atoms with Crippen LogP contribution in [0.5, 0.6) is 0 Å². The molecule has 0 bridgehead atoms. The number of hydrogen-bond acceptors (Lipinski definition) is 1. The Bertz CT molecular complexity index is 200. The molecule has 17 heavy (non-hydrogen) atoms. The Morgan fingerprint density at radius 2 is 1.29 bits per heavy atom. The predicted molar refractivity (Wildman–Crippen MR) is 40.7 cm³/mol. The van der Waals surface area contributed by atoms with Crippen molar-refractivity contribution in [2.45, 2.75) is 12.5 Å². The van der Waals surface area contributed by atoms with E-state index < -0.39 is 25.3 Å². The lowest BCUT2D eigenvalue weighted by Crippen LogP contribution is -2.08. The maximum atomic E-state index is 10.8. The molecule has 0 N–H and O–H groups in total. The van der Waals surface area contributed by atoms with Crippen molar-refractivity contribution < 1.29 is 44.3 Å². The number of ether oxygens (including phenoxy) is 1. The third-order valence-corrected chi connectivity index (χ3v) is 0.368. The molecule has 10 heteroatoms. The number of halogens is 9. The summed E-state index contributed by atoms with van der Waals surface area (Å²) < 4.78 is 97.2. The topological polar surface area (TPSA) is 9.23 Å². The lowest BCUT2D eigenvalue weighted by Gasteiger charge is -2.00. The molecule has 0 saturated carbocycles. The van der Waals surface area contributed by atoms with E-state index in [4.69, 9.17) is 0 Å². The third-order valence-electron chi connectivity index (χ3n) is 0.368. The zero-order chi connectivity index (χ0) is 14.7. The molecule has 0 heterocycles. The normalized spacial score (nSPS) is 10.2. The summed E-state index contributed by atoms with van der Waals surface area (Å²) in [7, 11) is 0. The van der Waals surface area contributed by atoms with E-state index in [9.17, 15) is 39.5 Å². The smallest absolute Gasteiger partial charge is 0.414 e. The van der Waals surface area contributed by atoms with Gasteiger partial charge in [0.25, 0.3) is 6.08 Å². The Hall–Kier alpha value is -1.35. The lowest BCUT2D eigenvalue weighted by atomic mass is 10.8. The standard InChI is InChI=1S/C3H3F3O.C2H2F4.C2H2F2/c1-2-7-3(4,5)6;3-1-2(4,5)6;1-2(3)4/h2H,1H2;1H2;1H2. The van der Waals surface area contributed by atoms with Crippen LogP contribution in [0.2, 0.25) is 0 Å². The first-order valence-corrected chi connectivity index (χ1v) is 3.33. The van der Waals surface area contributed by atoms with Gasteiger partial charge in [0.1, 0.15) is 0 Å². The molecule has 0 fully saturated rings. The van der Waals surface area contributed by atoms with Gasteiger partial charge in [0.15, 0.2) is 6.67 Å². The summed E-state index contributed by atoms with van der Waals surface area (Å²) in [4.78, 5) is 0. The molecule has 0 saturated heterocycles. The van der Waals surface area contributed by atoms with Gasteiger partial charge in [-0.05, 0) is 6.58 Å². The molecule has 104 valence electrons. The van der Waals surface area contributed by atoms with Crippen LogP contribution < -0.4 is 0 Å². The maximum Gasteiger partial charge on any atom is 0.572 e. The van der Waals surface area contributed by atoms with E-state index in [1.165, 1.54) is 0 Å². The van der Waals surface area contributed by atoms with Crippen LogP contribution in [0.15, 0.2) is 25.5 Å². The van der Waals surface area contributed by atoms with Crippen molar-refractivity contribution in [1.29, 1.82) is 0 Å². The van der Waals surface area contributed by atoms with E-state index in [0.29, 0.717) is 6.26 Å². The van der Waals surface area contributed by atoms with Crippen LogP contribution in [0.3, 0.4) is 0 Å². The zero-order valence-corrected chi connectivity index (χ0v) is 8.01. The molecule has 0 rings (SSSR count). The average Bonchev–Trinajstić information content (AvgIpc) is 2.00. The van der Waals surface area contributed by atoms with Crippen LogP contribution in [0.25, 0.3) is 0 Å². The van der Waals surface area contributed by atoms with E-state index in [0.717, 1.165) is 0 Å². The SMILES string of the molecule is C=C(F)F.C=COC(F)(F)F.FCC(F)(F)F. The molecule has 0 unspecified atom stereocenters.